The summed E-state index contributed by atoms with van der Waals surface area (Å²) in [7, 11) is 0. The molecule has 0 spiro atoms. The van der Waals surface area contributed by atoms with E-state index >= 15 is 0 Å². The van der Waals surface area contributed by atoms with Gasteiger partial charge in [-0.25, -0.2) is 4.39 Å². The monoisotopic (exact) mass is 374 g/mol. The van der Waals surface area contributed by atoms with Gasteiger partial charge in [-0.15, -0.1) is 0 Å². The van der Waals surface area contributed by atoms with Crippen molar-refractivity contribution in [2.75, 3.05) is 18.2 Å². The van der Waals surface area contributed by atoms with Gasteiger partial charge in [-0.2, -0.15) is 5.10 Å². The molecule has 5 rings (SSSR count). The minimum atomic E-state index is -0.235. The van der Waals surface area contributed by atoms with Crippen molar-refractivity contribution >= 4 is 11.4 Å². The first kappa shape index (κ1) is 16.8. The van der Waals surface area contributed by atoms with E-state index in [0.29, 0.717) is 13.2 Å². The molecule has 1 atom stereocenters. The summed E-state index contributed by atoms with van der Waals surface area (Å²) in [6.45, 7) is 1.12. The van der Waals surface area contributed by atoms with Crippen molar-refractivity contribution in [2.45, 2.75) is 12.5 Å². The van der Waals surface area contributed by atoms with Crippen molar-refractivity contribution in [3.8, 4) is 11.5 Å². The molecule has 140 valence electrons. The summed E-state index contributed by atoms with van der Waals surface area (Å²) in [5.41, 5.74) is 4.01. The lowest BCUT2D eigenvalue weighted by atomic mass is 9.98. The highest BCUT2D eigenvalue weighted by Gasteiger charge is 2.30. The quantitative estimate of drug-likeness (QED) is 0.650. The number of anilines is 1. The fourth-order valence-corrected chi connectivity index (χ4v) is 3.67. The second-order valence-electron chi connectivity index (χ2n) is 6.86. The molecular weight excluding hydrogens is 355 g/mol. The second-order valence-corrected chi connectivity index (χ2v) is 6.86. The molecular formula is C23H19FN2O2. The van der Waals surface area contributed by atoms with Crippen molar-refractivity contribution in [3.05, 3.63) is 89.7 Å². The number of ether oxygens (including phenoxy) is 2. The molecule has 2 aliphatic rings. The molecule has 0 N–H and O–H groups in total. The van der Waals surface area contributed by atoms with Crippen LogP contribution in [0, 0.1) is 5.82 Å². The number of nitrogens with zero attached hydrogens (tertiary/aromatic N) is 2. The van der Waals surface area contributed by atoms with Gasteiger partial charge in [0.25, 0.3) is 0 Å². The van der Waals surface area contributed by atoms with Crippen LogP contribution in [-0.4, -0.2) is 18.9 Å². The molecule has 5 heteroatoms. The van der Waals surface area contributed by atoms with Crippen molar-refractivity contribution in [1.82, 2.24) is 0 Å². The summed E-state index contributed by atoms with van der Waals surface area (Å²) in [6, 6.07) is 22.7. The van der Waals surface area contributed by atoms with Crippen molar-refractivity contribution in [3.63, 3.8) is 0 Å². The molecule has 3 aromatic carbocycles. The maximum atomic E-state index is 13.4. The zero-order valence-corrected chi connectivity index (χ0v) is 15.2. The predicted octanol–water partition coefficient (Wildman–Crippen LogP) is 4.95. The highest BCUT2D eigenvalue weighted by molar-refractivity contribution is 6.03. The van der Waals surface area contributed by atoms with Crippen LogP contribution >= 0.6 is 0 Å². The minimum absolute atomic E-state index is 0.00574. The summed E-state index contributed by atoms with van der Waals surface area (Å²) in [5, 5.41) is 6.93. The predicted molar refractivity (Wildman–Crippen MR) is 107 cm³/mol. The van der Waals surface area contributed by atoms with Crippen LogP contribution in [0.3, 0.4) is 0 Å². The molecule has 3 aromatic rings. The molecule has 2 aliphatic heterocycles. The van der Waals surface area contributed by atoms with Crippen LogP contribution in [0.4, 0.5) is 10.1 Å². The fourth-order valence-electron chi connectivity index (χ4n) is 3.67. The Kier molecular flexibility index (Phi) is 4.20. The van der Waals surface area contributed by atoms with E-state index in [1.165, 1.54) is 12.1 Å². The van der Waals surface area contributed by atoms with E-state index in [0.717, 1.165) is 40.4 Å². The highest BCUT2D eigenvalue weighted by atomic mass is 19.1. The van der Waals surface area contributed by atoms with Crippen LogP contribution in [-0.2, 0) is 0 Å². The first-order chi connectivity index (χ1) is 13.8. The highest BCUT2D eigenvalue weighted by Crippen LogP contribution is 2.38. The molecule has 0 bridgehead atoms. The van der Waals surface area contributed by atoms with E-state index in [9.17, 15) is 4.39 Å². The Hall–Kier alpha value is -3.34. The van der Waals surface area contributed by atoms with Gasteiger partial charge in [0.2, 0.25) is 0 Å². The van der Waals surface area contributed by atoms with E-state index < -0.39 is 0 Å². The van der Waals surface area contributed by atoms with Crippen LogP contribution in [0.5, 0.6) is 11.5 Å². The average Bonchev–Trinajstić information content (AvgIpc) is 3.20. The Morgan fingerprint density at radius 3 is 2.39 bits per heavy atom. The van der Waals surface area contributed by atoms with Gasteiger partial charge < -0.3 is 9.47 Å². The lowest BCUT2D eigenvalue weighted by Gasteiger charge is -2.23. The Balaban J connectivity index is 1.53. The number of rotatable bonds is 3. The number of fused-ring (bicyclic) bond motifs is 1. The van der Waals surface area contributed by atoms with Crippen LogP contribution in [0.2, 0.25) is 0 Å². The van der Waals surface area contributed by atoms with Gasteiger partial charge in [0.1, 0.15) is 19.0 Å². The Labute approximate surface area is 162 Å². The van der Waals surface area contributed by atoms with E-state index in [2.05, 4.69) is 0 Å². The smallest absolute Gasteiger partial charge is 0.162 e. The summed E-state index contributed by atoms with van der Waals surface area (Å²) in [4.78, 5) is 0. The third-order valence-corrected chi connectivity index (χ3v) is 5.06. The molecule has 2 heterocycles. The zero-order valence-electron chi connectivity index (χ0n) is 15.2. The molecule has 0 saturated heterocycles. The van der Waals surface area contributed by atoms with E-state index in [1.807, 2.05) is 65.7 Å². The van der Waals surface area contributed by atoms with Crippen LogP contribution < -0.4 is 14.5 Å². The molecule has 0 fully saturated rings. The number of benzene rings is 3. The SMILES string of the molecule is Fc1ccc(C2CC(c3ccc4c(c3)OCCO4)=NN2c2ccccc2)cc1. The Bertz CT molecular complexity index is 1020. The lowest BCUT2D eigenvalue weighted by Crippen LogP contribution is -2.18. The number of halogens is 1. The topological polar surface area (TPSA) is 34.1 Å². The van der Waals surface area contributed by atoms with Crippen molar-refractivity contribution < 1.29 is 13.9 Å². The van der Waals surface area contributed by atoms with E-state index in [4.69, 9.17) is 14.6 Å². The first-order valence-corrected chi connectivity index (χ1v) is 9.35. The van der Waals surface area contributed by atoms with Gasteiger partial charge in [-0.1, -0.05) is 30.3 Å². The van der Waals surface area contributed by atoms with Gasteiger partial charge in [0.05, 0.1) is 17.4 Å². The van der Waals surface area contributed by atoms with Crippen LogP contribution in [0.1, 0.15) is 23.6 Å². The largest absolute Gasteiger partial charge is 0.486 e. The first-order valence-electron chi connectivity index (χ1n) is 9.35. The molecule has 0 saturated carbocycles. The van der Waals surface area contributed by atoms with Crippen LogP contribution in [0.15, 0.2) is 77.9 Å². The van der Waals surface area contributed by atoms with Crippen LogP contribution in [0.25, 0.3) is 0 Å². The maximum absolute atomic E-state index is 13.4. The van der Waals surface area contributed by atoms with Gasteiger partial charge >= 0.3 is 0 Å². The Morgan fingerprint density at radius 1 is 0.857 bits per heavy atom. The molecule has 0 radical (unpaired) electrons. The van der Waals surface area contributed by atoms with Crippen molar-refractivity contribution in [2.24, 2.45) is 5.10 Å². The van der Waals surface area contributed by atoms with E-state index in [-0.39, 0.29) is 11.9 Å². The number of hydrogen-bond acceptors (Lipinski definition) is 4. The van der Waals surface area contributed by atoms with Gasteiger partial charge in [0, 0.05) is 12.0 Å². The summed E-state index contributed by atoms with van der Waals surface area (Å²) >= 11 is 0. The van der Waals surface area contributed by atoms with Crippen molar-refractivity contribution in [1.29, 1.82) is 0 Å². The van der Waals surface area contributed by atoms with E-state index in [1.54, 1.807) is 0 Å². The molecule has 0 amide bonds. The summed E-state index contributed by atoms with van der Waals surface area (Å²) in [6.07, 6.45) is 0.722. The normalized spacial score (nSPS) is 18.1. The third-order valence-electron chi connectivity index (χ3n) is 5.06. The average molecular weight is 374 g/mol. The lowest BCUT2D eigenvalue weighted by molar-refractivity contribution is 0.171. The van der Waals surface area contributed by atoms with Gasteiger partial charge in [-0.05, 0) is 48.0 Å². The number of para-hydroxylation sites is 1. The third kappa shape index (κ3) is 3.09. The number of hydrogen-bond donors (Lipinski definition) is 0. The summed E-state index contributed by atoms with van der Waals surface area (Å²) in [5.74, 6) is 1.28. The standard InChI is InChI=1S/C23H19FN2O2/c24-18-9-6-16(7-10-18)21-15-20(25-26(21)19-4-2-1-3-5-19)17-8-11-22-23(14-17)28-13-12-27-22/h1-11,14,21H,12-13,15H2. The second kappa shape index (κ2) is 7.00. The molecule has 28 heavy (non-hydrogen) atoms. The zero-order chi connectivity index (χ0) is 18.9. The Morgan fingerprint density at radius 2 is 1.61 bits per heavy atom. The fraction of sp³-hybridized carbons (Fsp3) is 0.174. The molecule has 0 aromatic heterocycles. The summed E-state index contributed by atoms with van der Waals surface area (Å²) < 4.78 is 24.8. The van der Waals surface area contributed by atoms with Gasteiger partial charge in [-0.3, -0.25) is 5.01 Å². The number of hydrazone groups is 1. The van der Waals surface area contributed by atoms with Gasteiger partial charge in [0.15, 0.2) is 11.5 Å². The molecule has 1 unspecified atom stereocenters. The minimum Gasteiger partial charge on any atom is -0.486 e. The maximum Gasteiger partial charge on any atom is 0.162 e. The molecule has 4 nitrogen and oxygen atoms in total. The molecule has 0 aliphatic carbocycles.